The zero-order chi connectivity index (χ0) is 11.0. The Labute approximate surface area is 90.9 Å². The third kappa shape index (κ3) is 7.21. The van der Waals surface area contributed by atoms with E-state index in [0.29, 0.717) is 19.4 Å². The molecule has 0 aliphatic heterocycles. The Kier molecular flexibility index (Phi) is 7.99. The van der Waals surface area contributed by atoms with Crippen LogP contribution in [0.3, 0.4) is 0 Å². The van der Waals surface area contributed by atoms with Crippen LogP contribution in [0.25, 0.3) is 0 Å². The van der Waals surface area contributed by atoms with Crippen LogP contribution in [0.15, 0.2) is 0 Å². The van der Waals surface area contributed by atoms with Crippen molar-refractivity contribution < 1.29 is 9.90 Å². The van der Waals surface area contributed by atoms with Crippen LogP contribution in [0, 0.1) is 0 Å². The molecule has 0 spiro atoms. The Morgan fingerprint density at radius 3 is 2.71 bits per heavy atom. The number of nitrogens with zero attached hydrogens (tertiary/aromatic N) is 1. The standard InChI is InChI=1S/C10H21NO2S/c1-4-14-8-6-10(13)11(3)7-5-9(2)12/h9,12H,4-8H2,1-3H3. The Morgan fingerprint density at radius 2 is 2.21 bits per heavy atom. The van der Waals surface area contributed by atoms with E-state index in [-0.39, 0.29) is 12.0 Å². The number of carbonyl (C=O) groups excluding carboxylic acids is 1. The predicted octanol–water partition coefficient (Wildman–Crippen LogP) is 1.36. The van der Waals surface area contributed by atoms with Gasteiger partial charge in [0.05, 0.1) is 6.10 Å². The zero-order valence-corrected chi connectivity index (χ0v) is 10.1. The number of rotatable bonds is 7. The van der Waals surface area contributed by atoms with Gasteiger partial charge in [-0.25, -0.2) is 0 Å². The Balaban J connectivity index is 3.54. The Hall–Kier alpha value is -0.220. The molecule has 0 aliphatic carbocycles. The lowest BCUT2D eigenvalue weighted by molar-refractivity contribution is -0.129. The van der Waals surface area contributed by atoms with Crippen LogP contribution >= 0.6 is 11.8 Å². The van der Waals surface area contributed by atoms with Crippen LogP contribution in [-0.4, -0.2) is 47.1 Å². The second-order valence-electron chi connectivity index (χ2n) is 3.40. The highest BCUT2D eigenvalue weighted by Crippen LogP contribution is 2.03. The molecule has 1 atom stereocenters. The molecular formula is C10H21NO2S. The molecule has 0 saturated heterocycles. The van der Waals surface area contributed by atoms with Gasteiger partial charge in [0, 0.05) is 25.8 Å². The van der Waals surface area contributed by atoms with Crippen molar-refractivity contribution >= 4 is 17.7 Å². The predicted molar refractivity (Wildman–Crippen MR) is 61.6 cm³/mol. The highest BCUT2D eigenvalue weighted by Gasteiger charge is 2.08. The van der Waals surface area contributed by atoms with Crippen LogP contribution in [0.4, 0.5) is 0 Å². The maximum atomic E-state index is 11.5. The summed E-state index contributed by atoms with van der Waals surface area (Å²) in [5, 5.41) is 9.06. The van der Waals surface area contributed by atoms with Crippen LogP contribution in [-0.2, 0) is 4.79 Å². The molecule has 0 rings (SSSR count). The van der Waals surface area contributed by atoms with Gasteiger partial charge in [-0.3, -0.25) is 4.79 Å². The fourth-order valence-electron chi connectivity index (χ4n) is 1.000. The second kappa shape index (κ2) is 8.12. The van der Waals surface area contributed by atoms with E-state index in [2.05, 4.69) is 6.92 Å². The van der Waals surface area contributed by atoms with Crippen LogP contribution in [0.5, 0.6) is 0 Å². The first-order valence-electron chi connectivity index (χ1n) is 5.07. The van der Waals surface area contributed by atoms with Gasteiger partial charge < -0.3 is 10.0 Å². The van der Waals surface area contributed by atoms with Crippen molar-refractivity contribution in [2.45, 2.75) is 32.8 Å². The van der Waals surface area contributed by atoms with Gasteiger partial charge in [0.15, 0.2) is 0 Å². The van der Waals surface area contributed by atoms with Crippen LogP contribution < -0.4 is 0 Å². The molecule has 0 fully saturated rings. The fourth-order valence-corrected chi connectivity index (χ4v) is 1.61. The fraction of sp³-hybridized carbons (Fsp3) is 0.900. The second-order valence-corrected chi connectivity index (χ2v) is 4.79. The number of amides is 1. The van der Waals surface area contributed by atoms with Crippen molar-refractivity contribution in [3.05, 3.63) is 0 Å². The Morgan fingerprint density at radius 1 is 1.57 bits per heavy atom. The molecular weight excluding hydrogens is 198 g/mol. The zero-order valence-electron chi connectivity index (χ0n) is 9.32. The molecule has 3 nitrogen and oxygen atoms in total. The van der Waals surface area contributed by atoms with Crippen molar-refractivity contribution in [3.63, 3.8) is 0 Å². The molecule has 0 bridgehead atoms. The third-order valence-corrected chi connectivity index (χ3v) is 2.87. The first-order chi connectivity index (χ1) is 6.57. The third-order valence-electron chi connectivity index (χ3n) is 1.97. The molecule has 0 aromatic carbocycles. The number of aliphatic hydroxyl groups is 1. The lowest BCUT2D eigenvalue weighted by atomic mass is 10.2. The average molecular weight is 219 g/mol. The molecule has 0 aliphatic rings. The minimum absolute atomic E-state index is 0.173. The molecule has 1 unspecified atom stereocenters. The number of thioether (sulfide) groups is 1. The monoisotopic (exact) mass is 219 g/mol. The van der Waals surface area contributed by atoms with Gasteiger partial charge in [-0.15, -0.1) is 0 Å². The number of hydrogen-bond acceptors (Lipinski definition) is 3. The lowest BCUT2D eigenvalue weighted by Gasteiger charge is -2.17. The highest BCUT2D eigenvalue weighted by molar-refractivity contribution is 7.99. The minimum atomic E-state index is -0.324. The van der Waals surface area contributed by atoms with E-state index in [1.165, 1.54) is 0 Å². The quantitative estimate of drug-likeness (QED) is 0.657. The molecule has 14 heavy (non-hydrogen) atoms. The van der Waals surface area contributed by atoms with Gasteiger partial charge >= 0.3 is 0 Å². The van der Waals surface area contributed by atoms with E-state index >= 15 is 0 Å². The molecule has 0 heterocycles. The SMILES string of the molecule is CCSCCC(=O)N(C)CCC(C)O. The topological polar surface area (TPSA) is 40.5 Å². The maximum absolute atomic E-state index is 11.5. The first-order valence-corrected chi connectivity index (χ1v) is 6.23. The molecule has 1 amide bonds. The molecule has 0 saturated carbocycles. The first kappa shape index (κ1) is 13.8. The molecule has 0 aromatic rings. The molecule has 4 heteroatoms. The van der Waals surface area contributed by atoms with E-state index in [4.69, 9.17) is 5.11 Å². The van der Waals surface area contributed by atoms with Crippen molar-refractivity contribution in [1.82, 2.24) is 4.90 Å². The average Bonchev–Trinajstić information content (AvgIpc) is 2.14. The van der Waals surface area contributed by atoms with Gasteiger partial charge in [0.25, 0.3) is 0 Å². The maximum Gasteiger partial charge on any atom is 0.223 e. The van der Waals surface area contributed by atoms with Gasteiger partial charge in [-0.2, -0.15) is 11.8 Å². The van der Waals surface area contributed by atoms with E-state index in [1.807, 2.05) is 0 Å². The van der Waals surface area contributed by atoms with Crippen molar-refractivity contribution in [2.24, 2.45) is 0 Å². The van der Waals surface area contributed by atoms with Crippen molar-refractivity contribution in [3.8, 4) is 0 Å². The summed E-state index contributed by atoms with van der Waals surface area (Å²) in [7, 11) is 1.79. The normalized spacial score (nSPS) is 12.6. The summed E-state index contributed by atoms with van der Waals surface area (Å²) in [5.41, 5.74) is 0. The summed E-state index contributed by atoms with van der Waals surface area (Å²) in [6, 6.07) is 0. The van der Waals surface area contributed by atoms with Crippen LogP contribution in [0.1, 0.15) is 26.7 Å². The van der Waals surface area contributed by atoms with E-state index < -0.39 is 0 Å². The number of hydrogen-bond donors (Lipinski definition) is 1. The smallest absolute Gasteiger partial charge is 0.223 e. The largest absolute Gasteiger partial charge is 0.393 e. The van der Waals surface area contributed by atoms with E-state index in [0.717, 1.165) is 11.5 Å². The van der Waals surface area contributed by atoms with Gasteiger partial charge in [0.1, 0.15) is 0 Å². The minimum Gasteiger partial charge on any atom is -0.393 e. The van der Waals surface area contributed by atoms with Gasteiger partial charge in [-0.1, -0.05) is 6.92 Å². The summed E-state index contributed by atoms with van der Waals surface area (Å²) in [6.07, 6.45) is 0.938. The van der Waals surface area contributed by atoms with E-state index in [9.17, 15) is 4.79 Å². The molecule has 84 valence electrons. The van der Waals surface area contributed by atoms with Crippen LogP contribution in [0.2, 0.25) is 0 Å². The van der Waals surface area contributed by atoms with Crippen molar-refractivity contribution in [1.29, 1.82) is 0 Å². The van der Waals surface area contributed by atoms with Crippen molar-refractivity contribution in [2.75, 3.05) is 25.1 Å². The molecule has 0 aromatic heterocycles. The summed E-state index contributed by atoms with van der Waals surface area (Å²) in [6.45, 7) is 4.48. The summed E-state index contributed by atoms with van der Waals surface area (Å²) in [5.74, 6) is 2.13. The summed E-state index contributed by atoms with van der Waals surface area (Å²) >= 11 is 1.78. The number of carbonyl (C=O) groups is 1. The molecule has 0 radical (unpaired) electrons. The lowest BCUT2D eigenvalue weighted by Crippen LogP contribution is -2.29. The van der Waals surface area contributed by atoms with Gasteiger partial charge in [-0.05, 0) is 19.1 Å². The number of aliphatic hydroxyl groups excluding tert-OH is 1. The summed E-state index contributed by atoms with van der Waals surface area (Å²) < 4.78 is 0. The Bertz CT molecular complexity index is 162. The highest BCUT2D eigenvalue weighted by atomic mass is 32.2. The molecule has 1 N–H and O–H groups in total. The van der Waals surface area contributed by atoms with E-state index in [1.54, 1.807) is 30.6 Å². The summed E-state index contributed by atoms with van der Waals surface area (Å²) in [4.78, 5) is 13.2. The van der Waals surface area contributed by atoms with Gasteiger partial charge in [0.2, 0.25) is 5.91 Å².